The largest absolute Gasteiger partial charge is 0.339 e. The van der Waals surface area contributed by atoms with Crippen LogP contribution in [0.4, 0.5) is 0 Å². The van der Waals surface area contributed by atoms with Gasteiger partial charge in [0, 0.05) is 44.0 Å². The second-order valence-electron chi connectivity index (χ2n) is 7.64. The minimum absolute atomic E-state index is 0.0379. The van der Waals surface area contributed by atoms with E-state index in [0.29, 0.717) is 43.5 Å². The molecule has 2 saturated heterocycles. The van der Waals surface area contributed by atoms with E-state index < -0.39 is 15.4 Å². The number of carbonyl (C=O) groups excluding carboxylic acids is 1. The molecular weight excluding hydrogens is 382 g/mol. The number of nitrogens with zero attached hydrogens (tertiary/aromatic N) is 5. The Balaban J connectivity index is 1.60. The average Bonchev–Trinajstić information content (AvgIpc) is 3.24. The lowest BCUT2D eigenvalue weighted by Gasteiger charge is -2.50. The smallest absolute Gasteiger partial charge is 0.255 e. The van der Waals surface area contributed by atoms with Crippen LogP contribution in [0.15, 0.2) is 23.0 Å². The van der Waals surface area contributed by atoms with Gasteiger partial charge >= 0.3 is 0 Å². The van der Waals surface area contributed by atoms with Crippen LogP contribution in [0.25, 0.3) is 0 Å². The van der Waals surface area contributed by atoms with Crippen molar-refractivity contribution in [2.24, 2.45) is 5.41 Å². The first kappa shape index (κ1) is 19.0. The Morgan fingerprint density at radius 1 is 1.32 bits per heavy atom. The summed E-state index contributed by atoms with van der Waals surface area (Å²) in [6.45, 7) is 6.78. The van der Waals surface area contributed by atoms with Gasteiger partial charge in [-0.3, -0.25) is 9.78 Å². The number of aryl methyl sites for hydroxylation is 2. The predicted molar refractivity (Wildman–Crippen MR) is 100 cm³/mol. The zero-order valence-electron chi connectivity index (χ0n) is 16.1. The van der Waals surface area contributed by atoms with Crippen molar-refractivity contribution >= 4 is 15.9 Å². The number of likely N-dealkylation sites (tertiary alicyclic amines) is 1. The fourth-order valence-corrected chi connectivity index (χ4v) is 5.34. The molecule has 2 aromatic heterocycles. The van der Waals surface area contributed by atoms with E-state index >= 15 is 0 Å². The molecule has 1 spiro atoms. The van der Waals surface area contributed by atoms with E-state index in [1.165, 1.54) is 4.31 Å². The van der Waals surface area contributed by atoms with E-state index in [1.807, 2.05) is 6.92 Å². The Bertz CT molecular complexity index is 1010. The van der Waals surface area contributed by atoms with E-state index in [-0.39, 0.29) is 17.6 Å². The van der Waals surface area contributed by atoms with Crippen LogP contribution in [0.5, 0.6) is 0 Å². The Labute approximate surface area is 163 Å². The number of aromatic nitrogens is 3. The Kier molecular flexibility index (Phi) is 4.50. The molecule has 1 atom stereocenters. The zero-order valence-corrected chi connectivity index (χ0v) is 16.9. The number of carbonyl (C=O) groups is 1. The topological polar surface area (TPSA) is 110 Å². The molecule has 0 N–H and O–H groups in total. The molecule has 4 rings (SSSR count). The monoisotopic (exact) mass is 405 g/mol. The quantitative estimate of drug-likeness (QED) is 0.745. The van der Waals surface area contributed by atoms with Crippen molar-refractivity contribution in [3.63, 3.8) is 0 Å². The highest BCUT2D eigenvalue weighted by Crippen LogP contribution is 2.49. The number of amides is 1. The minimum Gasteiger partial charge on any atom is -0.339 e. The maximum Gasteiger partial charge on any atom is 0.255 e. The molecule has 2 fully saturated rings. The molecule has 1 unspecified atom stereocenters. The summed E-state index contributed by atoms with van der Waals surface area (Å²) in [6, 6.07) is 1.80. The number of hydrogen-bond acceptors (Lipinski definition) is 7. The zero-order chi connectivity index (χ0) is 20.1. The first-order chi connectivity index (χ1) is 13.3. The molecule has 0 aliphatic carbocycles. The summed E-state index contributed by atoms with van der Waals surface area (Å²) >= 11 is 0. The van der Waals surface area contributed by atoms with Crippen LogP contribution in [0.3, 0.4) is 0 Å². The van der Waals surface area contributed by atoms with Crippen molar-refractivity contribution in [3.05, 3.63) is 41.3 Å². The van der Waals surface area contributed by atoms with Gasteiger partial charge in [-0.25, -0.2) is 12.7 Å². The van der Waals surface area contributed by atoms with Gasteiger partial charge in [0.15, 0.2) is 5.82 Å². The van der Waals surface area contributed by atoms with Crippen LogP contribution in [0.2, 0.25) is 0 Å². The maximum atomic E-state index is 12.9. The Hall–Kier alpha value is -2.33. The third-order valence-electron chi connectivity index (χ3n) is 5.78. The molecule has 2 aliphatic rings. The first-order valence-corrected chi connectivity index (χ1v) is 10.8. The molecule has 4 heterocycles. The third-order valence-corrected chi connectivity index (χ3v) is 7.58. The highest BCUT2D eigenvalue weighted by Gasteiger charge is 2.59. The molecule has 10 heteroatoms. The van der Waals surface area contributed by atoms with Gasteiger partial charge < -0.3 is 9.42 Å². The average molecular weight is 405 g/mol. The summed E-state index contributed by atoms with van der Waals surface area (Å²) < 4.78 is 31.8. The van der Waals surface area contributed by atoms with Crippen LogP contribution in [0, 0.1) is 19.3 Å². The van der Waals surface area contributed by atoms with Crippen molar-refractivity contribution in [3.8, 4) is 0 Å². The highest BCUT2D eigenvalue weighted by atomic mass is 32.2. The van der Waals surface area contributed by atoms with Crippen molar-refractivity contribution in [2.75, 3.05) is 31.9 Å². The predicted octanol–water partition coefficient (Wildman–Crippen LogP) is 0.973. The molecule has 2 aliphatic heterocycles. The van der Waals surface area contributed by atoms with Crippen molar-refractivity contribution in [1.82, 2.24) is 24.3 Å². The molecule has 0 saturated carbocycles. The summed E-state index contributed by atoms with van der Waals surface area (Å²) in [5.41, 5.74) is 1.03. The third kappa shape index (κ3) is 3.00. The summed E-state index contributed by atoms with van der Waals surface area (Å²) in [7, 11) is -3.35. The van der Waals surface area contributed by atoms with Gasteiger partial charge in [-0.2, -0.15) is 4.98 Å². The van der Waals surface area contributed by atoms with E-state index in [9.17, 15) is 13.2 Å². The van der Waals surface area contributed by atoms with Gasteiger partial charge in [-0.05, 0) is 32.4 Å². The molecule has 0 radical (unpaired) electrons. The molecule has 0 bridgehead atoms. The van der Waals surface area contributed by atoms with Crippen molar-refractivity contribution in [2.45, 2.75) is 26.7 Å². The van der Waals surface area contributed by atoms with Gasteiger partial charge in [0.2, 0.25) is 15.9 Å². The fourth-order valence-electron chi connectivity index (χ4n) is 4.15. The summed E-state index contributed by atoms with van der Waals surface area (Å²) in [5.74, 6) is 0.676. The van der Waals surface area contributed by atoms with Gasteiger partial charge in [0.25, 0.3) is 5.91 Å². The lowest BCUT2D eigenvalue weighted by atomic mass is 9.71. The van der Waals surface area contributed by atoms with E-state index in [2.05, 4.69) is 15.1 Å². The van der Waals surface area contributed by atoms with Gasteiger partial charge in [0.1, 0.15) is 0 Å². The number of pyridine rings is 1. The van der Waals surface area contributed by atoms with Crippen molar-refractivity contribution < 1.29 is 17.7 Å². The van der Waals surface area contributed by atoms with Crippen LogP contribution in [0.1, 0.15) is 40.5 Å². The minimum atomic E-state index is -3.35. The number of hydrogen-bond donors (Lipinski definition) is 0. The lowest BCUT2D eigenvalue weighted by molar-refractivity contribution is 0.00122. The Morgan fingerprint density at radius 2 is 2.07 bits per heavy atom. The van der Waals surface area contributed by atoms with Crippen LogP contribution >= 0.6 is 0 Å². The molecule has 0 aromatic carbocycles. The van der Waals surface area contributed by atoms with Gasteiger partial charge in [-0.1, -0.05) is 5.16 Å². The van der Waals surface area contributed by atoms with E-state index in [1.54, 1.807) is 37.2 Å². The van der Waals surface area contributed by atoms with Crippen LogP contribution < -0.4 is 0 Å². The summed E-state index contributed by atoms with van der Waals surface area (Å²) in [6.07, 6.45) is 3.23. The highest BCUT2D eigenvalue weighted by molar-refractivity contribution is 7.89. The SMILES string of the molecule is CCS(=O)(=O)N1CC(c2nc(C)no2)C2(CN(C(=O)c3cnccc3C)C2)C1. The molecular formula is C18H23N5O4S. The van der Waals surface area contributed by atoms with E-state index in [4.69, 9.17) is 4.52 Å². The second-order valence-corrected chi connectivity index (χ2v) is 9.90. The number of sulfonamides is 1. The van der Waals surface area contributed by atoms with Crippen LogP contribution in [-0.2, 0) is 10.0 Å². The summed E-state index contributed by atoms with van der Waals surface area (Å²) in [4.78, 5) is 23.0. The van der Waals surface area contributed by atoms with Crippen molar-refractivity contribution in [1.29, 1.82) is 0 Å². The lowest BCUT2D eigenvalue weighted by Crippen LogP contribution is -2.61. The normalized spacial score (nSPS) is 21.8. The first-order valence-electron chi connectivity index (χ1n) is 9.24. The molecule has 1 amide bonds. The maximum absolute atomic E-state index is 12.9. The van der Waals surface area contributed by atoms with Gasteiger partial charge in [0.05, 0.1) is 17.2 Å². The molecule has 2 aromatic rings. The van der Waals surface area contributed by atoms with Gasteiger partial charge in [-0.15, -0.1) is 0 Å². The van der Waals surface area contributed by atoms with E-state index in [0.717, 1.165) is 5.56 Å². The molecule has 9 nitrogen and oxygen atoms in total. The molecule has 28 heavy (non-hydrogen) atoms. The fraction of sp³-hybridized carbons (Fsp3) is 0.556. The molecule has 150 valence electrons. The standard InChI is InChI=1S/C18H23N5O4S/c1-4-28(25,26)23-8-15(16-20-13(3)21-27-16)18(11-23)9-22(10-18)17(24)14-7-19-6-5-12(14)2/h5-7,15H,4,8-11H2,1-3H3. The number of rotatable bonds is 4. The Morgan fingerprint density at radius 3 is 2.68 bits per heavy atom. The van der Waals surface area contributed by atoms with Crippen LogP contribution in [-0.4, -0.2) is 70.6 Å². The summed E-state index contributed by atoms with van der Waals surface area (Å²) in [5, 5.41) is 3.86. The second kappa shape index (κ2) is 6.63.